The van der Waals surface area contributed by atoms with E-state index in [1.54, 1.807) is 13.0 Å². The molecule has 3 rings (SSSR count). The lowest BCUT2D eigenvalue weighted by Gasteiger charge is -2.26. The Labute approximate surface area is 185 Å². The topological polar surface area (TPSA) is 114 Å². The number of hydrogen-bond acceptors (Lipinski definition) is 7. The second kappa shape index (κ2) is 10.1. The van der Waals surface area contributed by atoms with Gasteiger partial charge in [-0.05, 0) is 42.8 Å². The zero-order valence-corrected chi connectivity index (χ0v) is 18.5. The standard InChI is InChI=1S/C21H24FN3O6S/c1-14-3-5-16(32(28,29)25-7-9-31-10-8-25)12-18(14)24-20(26)13-23-19-11-15(21(27)30-2)4-6-17(19)22/h3-6,11-12,23H,7-10,13H2,1-2H3,(H,24,26). The van der Waals surface area contributed by atoms with Crippen LogP contribution in [0.4, 0.5) is 15.8 Å². The number of sulfonamides is 1. The summed E-state index contributed by atoms with van der Waals surface area (Å²) in [6.07, 6.45) is 0. The largest absolute Gasteiger partial charge is 0.465 e. The fourth-order valence-electron chi connectivity index (χ4n) is 3.11. The number of amides is 1. The average Bonchev–Trinajstić information content (AvgIpc) is 2.80. The molecule has 2 aromatic carbocycles. The zero-order chi connectivity index (χ0) is 23.3. The Hall–Kier alpha value is -3.02. The first-order valence-electron chi connectivity index (χ1n) is 9.82. The van der Waals surface area contributed by atoms with E-state index in [0.717, 1.165) is 6.07 Å². The highest BCUT2D eigenvalue weighted by atomic mass is 32.2. The van der Waals surface area contributed by atoms with Crippen molar-refractivity contribution >= 4 is 33.3 Å². The summed E-state index contributed by atoms with van der Waals surface area (Å²) in [5.41, 5.74) is 1.09. The van der Waals surface area contributed by atoms with E-state index in [4.69, 9.17) is 4.74 Å². The van der Waals surface area contributed by atoms with Crippen LogP contribution in [0, 0.1) is 12.7 Å². The molecule has 1 aliphatic rings. The maximum Gasteiger partial charge on any atom is 0.337 e. The first-order chi connectivity index (χ1) is 15.2. The van der Waals surface area contributed by atoms with Crippen LogP contribution in [0.5, 0.6) is 0 Å². The number of aryl methyl sites for hydroxylation is 1. The lowest BCUT2D eigenvalue weighted by Crippen LogP contribution is -2.40. The maximum atomic E-state index is 14.0. The molecule has 1 saturated heterocycles. The Morgan fingerprint density at radius 1 is 1.12 bits per heavy atom. The van der Waals surface area contributed by atoms with Gasteiger partial charge in [0.25, 0.3) is 0 Å². The molecule has 0 atom stereocenters. The Balaban J connectivity index is 1.70. The zero-order valence-electron chi connectivity index (χ0n) is 17.7. The van der Waals surface area contributed by atoms with Crippen molar-refractivity contribution in [3.05, 3.63) is 53.3 Å². The van der Waals surface area contributed by atoms with Crippen molar-refractivity contribution in [1.29, 1.82) is 0 Å². The van der Waals surface area contributed by atoms with Gasteiger partial charge < -0.3 is 20.1 Å². The first kappa shape index (κ1) is 23.6. The predicted octanol–water partition coefficient (Wildman–Crippen LogP) is 1.99. The molecule has 0 unspecified atom stereocenters. The molecular formula is C21H24FN3O6S. The SMILES string of the molecule is COC(=O)c1ccc(F)c(NCC(=O)Nc2cc(S(=O)(=O)N3CCOCC3)ccc2C)c1. The van der Waals surface area contributed by atoms with E-state index in [-0.39, 0.29) is 35.8 Å². The number of ether oxygens (including phenoxy) is 2. The molecule has 0 spiro atoms. The van der Waals surface area contributed by atoms with Gasteiger partial charge in [0.2, 0.25) is 15.9 Å². The number of esters is 1. The molecule has 32 heavy (non-hydrogen) atoms. The van der Waals surface area contributed by atoms with E-state index in [1.165, 1.54) is 35.7 Å². The lowest BCUT2D eigenvalue weighted by atomic mass is 10.2. The van der Waals surface area contributed by atoms with Crippen LogP contribution < -0.4 is 10.6 Å². The lowest BCUT2D eigenvalue weighted by molar-refractivity contribution is -0.114. The molecule has 1 fully saturated rings. The van der Waals surface area contributed by atoms with Crippen LogP contribution in [0.25, 0.3) is 0 Å². The summed E-state index contributed by atoms with van der Waals surface area (Å²) in [5, 5.41) is 5.27. The number of nitrogens with one attached hydrogen (secondary N) is 2. The summed E-state index contributed by atoms with van der Waals surface area (Å²) in [5.74, 6) is -1.79. The molecule has 2 aromatic rings. The van der Waals surface area contributed by atoms with Gasteiger partial charge in [-0.15, -0.1) is 0 Å². The molecule has 0 saturated carbocycles. The Morgan fingerprint density at radius 3 is 2.53 bits per heavy atom. The van der Waals surface area contributed by atoms with Gasteiger partial charge >= 0.3 is 5.97 Å². The molecule has 1 aliphatic heterocycles. The third-order valence-corrected chi connectivity index (χ3v) is 6.81. The minimum absolute atomic E-state index is 0.0385. The highest BCUT2D eigenvalue weighted by Gasteiger charge is 2.27. The summed E-state index contributed by atoms with van der Waals surface area (Å²) in [7, 11) is -2.51. The van der Waals surface area contributed by atoms with Gasteiger partial charge in [0.15, 0.2) is 0 Å². The minimum Gasteiger partial charge on any atom is -0.465 e. The number of morpholine rings is 1. The second-order valence-electron chi connectivity index (χ2n) is 7.08. The summed E-state index contributed by atoms with van der Waals surface area (Å²) in [6, 6.07) is 8.11. The molecule has 2 N–H and O–H groups in total. The summed E-state index contributed by atoms with van der Waals surface area (Å²) >= 11 is 0. The fraction of sp³-hybridized carbons (Fsp3) is 0.333. The van der Waals surface area contributed by atoms with E-state index in [0.29, 0.717) is 24.5 Å². The number of benzene rings is 2. The summed E-state index contributed by atoms with van der Waals surface area (Å²) in [4.78, 5) is 24.1. The number of hydrogen-bond donors (Lipinski definition) is 2. The second-order valence-corrected chi connectivity index (χ2v) is 9.02. The quantitative estimate of drug-likeness (QED) is 0.601. The number of carbonyl (C=O) groups is 2. The number of halogens is 1. The van der Waals surface area contributed by atoms with Crippen LogP contribution in [0.15, 0.2) is 41.3 Å². The summed E-state index contributed by atoms with van der Waals surface area (Å²) in [6.45, 7) is 2.60. The third-order valence-electron chi connectivity index (χ3n) is 4.92. The van der Waals surface area contributed by atoms with Crippen molar-refractivity contribution < 1.29 is 31.9 Å². The van der Waals surface area contributed by atoms with Crippen LogP contribution in [-0.4, -0.2) is 64.6 Å². The van der Waals surface area contributed by atoms with Crippen molar-refractivity contribution in [3.63, 3.8) is 0 Å². The van der Waals surface area contributed by atoms with E-state index >= 15 is 0 Å². The van der Waals surface area contributed by atoms with Crippen molar-refractivity contribution in [2.75, 3.05) is 50.6 Å². The van der Waals surface area contributed by atoms with Gasteiger partial charge in [-0.3, -0.25) is 4.79 Å². The van der Waals surface area contributed by atoms with Crippen molar-refractivity contribution in [3.8, 4) is 0 Å². The van der Waals surface area contributed by atoms with Crippen molar-refractivity contribution in [1.82, 2.24) is 4.31 Å². The minimum atomic E-state index is -3.72. The third kappa shape index (κ3) is 5.42. The smallest absolute Gasteiger partial charge is 0.337 e. The number of rotatable bonds is 7. The van der Waals surface area contributed by atoms with Gasteiger partial charge in [0, 0.05) is 18.8 Å². The van der Waals surface area contributed by atoms with Gasteiger partial charge in [0.05, 0.1) is 43.0 Å². The molecule has 1 amide bonds. The molecular weight excluding hydrogens is 441 g/mol. The molecule has 9 nitrogen and oxygen atoms in total. The van der Waals surface area contributed by atoms with Gasteiger partial charge in [-0.2, -0.15) is 4.31 Å². The van der Waals surface area contributed by atoms with Crippen LogP contribution in [0.3, 0.4) is 0 Å². The number of nitrogens with zero attached hydrogens (tertiary/aromatic N) is 1. The van der Waals surface area contributed by atoms with E-state index in [9.17, 15) is 22.4 Å². The van der Waals surface area contributed by atoms with E-state index in [1.807, 2.05) is 0 Å². The van der Waals surface area contributed by atoms with Crippen molar-refractivity contribution in [2.24, 2.45) is 0 Å². The van der Waals surface area contributed by atoms with Crippen LogP contribution in [-0.2, 0) is 24.3 Å². The van der Waals surface area contributed by atoms with Gasteiger partial charge in [0.1, 0.15) is 5.82 Å². The van der Waals surface area contributed by atoms with Crippen molar-refractivity contribution in [2.45, 2.75) is 11.8 Å². The molecule has 0 bridgehead atoms. The van der Waals surface area contributed by atoms with Crippen LogP contribution in [0.1, 0.15) is 15.9 Å². The average molecular weight is 466 g/mol. The van der Waals surface area contributed by atoms with Crippen LogP contribution in [0.2, 0.25) is 0 Å². The molecule has 1 heterocycles. The van der Waals surface area contributed by atoms with Gasteiger partial charge in [-0.1, -0.05) is 6.07 Å². The molecule has 0 aliphatic carbocycles. The Kier molecular flexibility index (Phi) is 7.44. The molecule has 0 radical (unpaired) electrons. The highest BCUT2D eigenvalue weighted by molar-refractivity contribution is 7.89. The van der Waals surface area contributed by atoms with Crippen LogP contribution >= 0.6 is 0 Å². The van der Waals surface area contributed by atoms with E-state index < -0.39 is 27.7 Å². The number of carbonyl (C=O) groups excluding carboxylic acids is 2. The summed E-state index contributed by atoms with van der Waals surface area (Å²) < 4.78 is 50.9. The Morgan fingerprint density at radius 2 is 1.84 bits per heavy atom. The highest BCUT2D eigenvalue weighted by Crippen LogP contribution is 2.24. The normalized spacial score (nSPS) is 14.6. The number of anilines is 2. The Bertz CT molecular complexity index is 1120. The van der Waals surface area contributed by atoms with E-state index in [2.05, 4.69) is 15.4 Å². The molecule has 11 heteroatoms. The van der Waals surface area contributed by atoms with Gasteiger partial charge in [-0.25, -0.2) is 17.6 Å². The maximum absolute atomic E-state index is 14.0. The monoisotopic (exact) mass is 465 g/mol. The molecule has 0 aromatic heterocycles. The first-order valence-corrected chi connectivity index (χ1v) is 11.3. The number of methoxy groups -OCH3 is 1. The predicted molar refractivity (Wildman–Crippen MR) is 116 cm³/mol. The fourth-order valence-corrected chi connectivity index (χ4v) is 4.54. The molecule has 172 valence electrons.